The molecule has 0 aliphatic rings. The smallest absolute Gasteiger partial charge is 0.234 e. The summed E-state index contributed by atoms with van der Waals surface area (Å²) in [6.45, 7) is 4.56. The van der Waals surface area contributed by atoms with Crippen LogP contribution in [0, 0.1) is 0 Å². The van der Waals surface area contributed by atoms with Gasteiger partial charge in [0.2, 0.25) is 5.91 Å². The Morgan fingerprint density at radius 3 is 2.16 bits per heavy atom. The van der Waals surface area contributed by atoms with Gasteiger partial charge in [-0.3, -0.25) is 9.69 Å². The van der Waals surface area contributed by atoms with E-state index in [-0.39, 0.29) is 5.91 Å². The molecule has 0 fully saturated rings. The summed E-state index contributed by atoms with van der Waals surface area (Å²) in [5.41, 5.74) is 3.42. The fourth-order valence-corrected chi connectivity index (χ4v) is 2.63. The minimum Gasteiger partial charge on any atom is -0.378 e. The van der Waals surface area contributed by atoms with Gasteiger partial charge in [0.25, 0.3) is 0 Å². The van der Waals surface area contributed by atoms with Crippen molar-refractivity contribution in [1.82, 2.24) is 10.2 Å². The molecule has 0 radical (unpaired) electrons. The molecular formula is C20H26ClN3O. The van der Waals surface area contributed by atoms with Crippen LogP contribution < -0.4 is 10.2 Å². The number of nitrogens with one attached hydrogen (secondary N) is 1. The Kier molecular flexibility index (Phi) is 7.29. The van der Waals surface area contributed by atoms with Crippen LogP contribution in [0.3, 0.4) is 0 Å². The molecule has 1 amide bonds. The molecule has 0 unspecified atom stereocenters. The second kappa shape index (κ2) is 9.44. The molecule has 0 aliphatic heterocycles. The molecule has 25 heavy (non-hydrogen) atoms. The lowest BCUT2D eigenvalue weighted by Crippen LogP contribution is -2.36. The summed E-state index contributed by atoms with van der Waals surface area (Å²) in [5, 5.41) is 3.66. The van der Waals surface area contributed by atoms with Gasteiger partial charge in [0.1, 0.15) is 0 Å². The normalized spacial score (nSPS) is 10.8. The van der Waals surface area contributed by atoms with E-state index < -0.39 is 0 Å². The third-order valence-electron chi connectivity index (χ3n) is 4.08. The van der Waals surface area contributed by atoms with Crippen LogP contribution >= 0.6 is 11.6 Å². The van der Waals surface area contributed by atoms with Crippen LogP contribution in [0.5, 0.6) is 0 Å². The van der Waals surface area contributed by atoms with Crippen LogP contribution in [-0.2, 0) is 17.9 Å². The maximum Gasteiger partial charge on any atom is 0.234 e. The molecule has 0 aromatic heterocycles. The number of amides is 1. The number of anilines is 1. The van der Waals surface area contributed by atoms with Gasteiger partial charge >= 0.3 is 0 Å². The van der Waals surface area contributed by atoms with Crippen molar-refractivity contribution in [2.75, 3.05) is 32.1 Å². The molecule has 2 aromatic rings. The number of halogens is 1. The first-order chi connectivity index (χ1) is 12.0. The maximum atomic E-state index is 12.2. The molecule has 5 heteroatoms. The fourth-order valence-electron chi connectivity index (χ4n) is 2.50. The van der Waals surface area contributed by atoms with Crippen LogP contribution in [0.15, 0.2) is 48.5 Å². The zero-order valence-corrected chi connectivity index (χ0v) is 15.9. The molecule has 0 saturated heterocycles. The van der Waals surface area contributed by atoms with E-state index in [9.17, 15) is 4.79 Å². The molecule has 1 N–H and O–H groups in total. The van der Waals surface area contributed by atoms with Crippen molar-refractivity contribution in [3.63, 3.8) is 0 Å². The predicted molar refractivity (Wildman–Crippen MR) is 105 cm³/mol. The van der Waals surface area contributed by atoms with Gasteiger partial charge in [0.15, 0.2) is 0 Å². The zero-order valence-electron chi connectivity index (χ0n) is 15.1. The number of hydrogen-bond donors (Lipinski definition) is 1. The average Bonchev–Trinajstić information content (AvgIpc) is 2.61. The average molecular weight is 360 g/mol. The van der Waals surface area contributed by atoms with Crippen molar-refractivity contribution in [2.24, 2.45) is 0 Å². The molecule has 0 bridgehead atoms. The van der Waals surface area contributed by atoms with E-state index in [0.29, 0.717) is 18.1 Å². The third-order valence-corrected chi connectivity index (χ3v) is 4.33. The summed E-state index contributed by atoms with van der Waals surface area (Å²) in [6, 6.07) is 15.9. The zero-order chi connectivity index (χ0) is 18.2. The number of carbonyl (C=O) groups excluding carboxylic acids is 1. The van der Waals surface area contributed by atoms with Crippen LogP contribution in [0.4, 0.5) is 5.69 Å². The SMILES string of the molecule is CCN(CC(=O)NCc1ccc(Cl)cc1)Cc1ccc(N(C)C)cc1. The van der Waals surface area contributed by atoms with Gasteiger partial charge in [-0.25, -0.2) is 0 Å². The van der Waals surface area contributed by atoms with Gasteiger partial charge in [-0.05, 0) is 41.9 Å². The van der Waals surface area contributed by atoms with E-state index in [0.717, 1.165) is 18.7 Å². The number of benzene rings is 2. The summed E-state index contributed by atoms with van der Waals surface area (Å²) >= 11 is 5.87. The summed E-state index contributed by atoms with van der Waals surface area (Å²) in [6.07, 6.45) is 0. The third kappa shape index (κ3) is 6.40. The number of rotatable bonds is 8. The number of likely N-dealkylation sites (N-methyl/N-ethyl adjacent to an activating group) is 1. The Bertz CT molecular complexity index is 668. The molecule has 0 saturated carbocycles. The minimum atomic E-state index is 0.0294. The Morgan fingerprint density at radius 2 is 1.60 bits per heavy atom. The molecule has 0 spiro atoms. The first-order valence-corrected chi connectivity index (χ1v) is 8.85. The van der Waals surface area contributed by atoms with Crippen molar-refractivity contribution in [1.29, 1.82) is 0 Å². The highest BCUT2D eigenvalue weighted by molar-refractivity contribution is 6.30. The van der Waals surface area contributed by atoms with Crippen LogP contribution in [0.2, 0.25) is 5.02 Å². The summed E-state index contributed by atoms with van der Waals surface area (Å²) in [7, 11) is 4.05. The highest BCUT2D eigenvalue weighted by Gasteiger charge is 2.10. The maximum absolute atomic E-state index is 12.2. The second-order valence-electron chi connectivity index (χ2n) is 6.27. The lowest BCUT2D eigenvalue weighted by atomic mass is 10.2. The van der Waals surface area contributed by atoms with E-state index in [1.807, 2.05) is 38.4 Å². The van der Waals surface area contributed by atoms with E-state index in [4.69, 9.17) is 11.6 Å². The van der Waals surface area contributed by atoms with Gasteiger partial charge in [-0.15, -0.1) is 0 Å². The van der Waals surface area contributed by atoms with Gasteiger partial charge in [0.05, 0.1) is 6.54 Å². The number of nitrogens with zero attached hydrogens (tertiary/aromatic N) is 2. The molecule has 0 heterocycles. The van der Waals surface area contributed by atoms with Crippen molar-refractivity contribution < 1.29 is 4.79 Å². The monoisotopic (exact) mass is 359 g/mol. The predicted octanol–water partition coefficient (Wildman–Crippen LogP) is 3.54. The molecule has 0 aliphatic carbocycles. The highest BCUT2D eigenvalue weighted by atomic mass is 35.5. The van der Waals surface area contributed by atoms with Gasteiger partial charge < -0.3 is 10.2 Å². The number of carbonyl (C=O) groups is 1. The van der Waals surface area contributed by atoms with Gasteiger partial charge in [-0.2, -0.15) is 0 Å². The van der Waals surface area contributed by atoms with Crippen molar-refractivity contribution in [3.05, 3.63) is 64.7 Å². The van der Waals surface area contributed by atoms with Crippen molar-refractivity contribution >= 4 is 23.2 Å². The minimum absolute atomic E-state index is 0.0294. The number of hydrogen-bond acceptors (Lipinski definition) is 3. The van der Waals surface area contributed by atoms with Gasteiger partial charge in [-0.1, -0.05) is 42.8 Å². The van der Waals surface area contributed by atoms with Crippen molar-refractivity contribution in [3.8, 4) is 0 Å². The topological polar surface area (TPSA) is 35.6 Å². The first-order valence-electron chi connectivity index (χ1n) is 8.47. The molecule has 2 rings (SSSR count). The summed E-state index contributed by atoms with van der Waals surface area (Å²) in [4.78, 5) is 16.4. The molecular weight excluding hydrogens is 334 g/mol. The van der Waals surface area contributed by atoms with Crippen molar-refractivity contribution in [2.45, 2.75) is 20.0 Å². The molecule has 2 aromatic carbocycles. The molecule has 4 nitrogen and oxygen atoms in total. The Labute approximate surface area is 155 Å². The van der Waals surface area contributed by atoms with Crippen LogP contribution in [-0.4, -0.2) is 38.0 Å². The second-order valence-corrected chi connectivity index (χ2v) is 6.70. The van der Waals surface area contributed by atoms with E-state index in [1.165, 1.54) is 11.3 Å². The highest BCUT2D eigenvalue weighted by Crippen LogP contribution is 2.14. The largest absolute Gasteiger partial charge is 0.378 e. The van der Waals surface area contributed by atoms with E-state index >= 15 is 0 Å². The lowest BCUT2D eigenvalue weighted by Gasteiger charge is -2.20. The van der Waals surface area contributed by atoms with E-state index in [1.54, 1.807) is 0 Å². The molecule has 134 valence electrons. The summed E-state index contributed by atoms with van der Waals surface area (Å²) < 4.78 is 0. The van der Waals surface area contributed by atoms with Gasteiger partial charge in [0, 0.05) is 37.9 Å². The quantitative estimate of drug-likeness (QED) is 0.783. The first kappa shape index (κ1) is 19.3. The van der Waals surface area contributed by atoms with Crippen LogP contribution in [0.25, 0.3) is 0 Å². The summed E-state index contributed by atoms with van der Waals surface area (Å²) in [5.74, 6) is 0.0294. The van der Waals surface area contributed by atoms with Crippen LogP contribution in [0.1, 0.15) is 18.1 Å². The standard InChI is InChI=1S/C20H26ClN3O/c1-4-24(14-17-7-11-19(12-8-17)23(2)3)15-20(25)22-13-16-5-9-18(21)10-6-16/h5-12H,4,13-15H2,1-3H3,(H,22,25). The Balaban J connectivity index is 1.83. The van der Waals surface area contributed by atoms with E-state index in [2.05, 4.69) is 46.3 Å². The Morgan fingerprint density at radius 1 is 1.00 bits per heavy atom. The lowest BCUT2D eigenvalue weighted by molar-refractivity contribution is -0.122. The fraction of sp³-hybridized carbons (Fsp3) is 0.350. The molecule has 0 atom stereocenters. The Hall–Kier alpha value is -2.04.